The number of hydrogen-bond donors (Lipinski definition) is 4. The van der Waals surface area contributed by atoms with Gasteiger partial charge in [0.05, 0.1) is 32.5 Å². The Balaban J connectivity index is 1.38. The zero-order valence-electron chi connectivity index (χ0n) is 33.3. The number of benzene rings is 2. The Hall–Kier alpha value is -4.62. The highest BCUT2D eigenvalue weighted by atomic mass is 35.5. The van der Waals surface area contributed by atoms with Crippen molar-refractivity contribution in [2.75, 3.05) is 20.8 Å². The molecule has 1 aliphatic carbocycles. The lowest BCUT2D eigenvalue weighted by atomic mass is 9.84. The number of hydroxylamine groups is 1. The third-order valence-corrected chi connectivity index (χ3v) is 11.0. The number of methoxy groups -OCH3 is 2. The minimum absolute atomic E-state index is 0.0110. The number of halogens is 1. The Kier molecular flexibility index (Phi) is 14.1. The number of ketones is 1. The molecule has 14 heteroatoms. The summed E-state index contributed by atoms with van der Waals surface area (Å²) < 4.78 is 10.6. The number of carbonyl (C=O) groups is 5. The standard InChI is InChI=1S/C42H56ClN5O8/c1-7-12-32(36(50)39(52)44-24-27-17-30(54-5)21-31(18-27)55-6)45-38(51)34-23-42(22-33(47-56-42)28-15-11-16-29(43)20-28)25-48(34)40(53)37(41(2,3)4)46-35(49)19-26-13-9-8-10-14-26/h11,15-18,20-22,26,32,34,37,47H,7-10,12-14,19,23-25H2,1-6H3,(H,44,52)(H,45,51)(H,46,49)/t32-,34-,37+,42+/m0/s1. The minimum atomic E-state index is -1.16. The quantitative estimate of drug-likeness (QED) is 0.177. The summed E-state index contributed by atoms with van der Waals surface area (Å²) in [6.07, 6.45) is 8.21. The van der Waals surface area contributed by atoms with Gasteiger partial charge in [0.25, 0.3) is 5.91 Å². The first kappa shape index (κ1) is 42.5. The van der Waals surface area contributed by atoms with Gasteiger partial charge in [-0.2, -0.15) is 0 Å². The van der Waals surface area contributed by atoms with Gasteiger partial charge < -0.3 is 30.3 Å². The van der Waals surface area contributed by atoms with Gasteiger partial charge in [0, 0.05) is 36.0 Å². The van der Waals surface area contributed by atoms with E-state index in [-0.39, 0.29) is 37.8 Å². The van der Waals surface area contributed by atoms with Crippen LogP contribution in [0.15, 0.2) is 48.5 Å². The van der Waals surface area contributed by atoms with Gasteiger partial charge in [0.1, 0.15) is 29.2 Å². The molecule has 2 aromatic rings. The Morgan fingerprint density at radius 1 is 1.00 bits per heavy atom. The van der Waals surface area contributed by atoms with E-state index >= 15 is 0 Å². The number of likely N-dealkylation sites (tertiary alicyclic amines) is 1. The van der Waals surface area contributed by atoms with E-state index in [1.807, 2.05) is 45.9 Å². The van der Waals surface area contributed by atoms with Crippen LogP contribution in [0, 0.1) is 11.3 Å². The molecule has 2 aliphatic heterocycles. The zero-order valence-corrected chi connectivity index (χ0v) is 34.1. The van der Waals surface area contributed by atoms with E-state index in [0.717, 1.165) is 31.2 Å². The molecule has 0 radical (unpaired) electrons. The van der Waals surface area contributed by atoms with Crippen molar-refractivity contribution < 1.29 is 38.3 Å². The maximum Gasteiger partial charge on any atom is 0.289 e. The van der Waals surface area contributed by atoms with Crippen LogP contribution in [0.3, 0.4) is 0 Å². The molecule has 1 saturated carbocycles. The summed E-state index contributed by atoms with van der Waals surface area (Å²) in [5.41, 5.74) is 3.17. The Labute approximate surface area is 334 Å². The van der Waals surface area contributed by atoms with Crippen LogP contribution in [-0.4, -0.2) is 78.8 Å². The lowest BCUT2D eigenvalue weighted by Crippen LogP contribution is -2.59. The first-order valence-electron chi connectivity index (χ1n) is 19.5. The van der Waals surface area contributed by atoms with Crippen molar-refractivity contribution in [1.29, 1.82) is 0 Å². The molecule has 1 spiro atoms. The van der Waals surface area contributed by atoms with E-state index in [2.05, 4.69) is 21.4 Å². The van der Waals surface area contributed by atoms with E-state index in [4.69, 9.17) is 25.9 Å². The van der Waals surface area contributed by atoms with Crippen molar-refractivity contribution in [2.24, 2.45) is 11.3 Å². The fourth-order valence-corrected chi connectivity index (χ4v) is 7.92. The van der Waals surface area contributed by atoms with Gasteiger partial charge in [0.15, 0.2) is 0 Å². The Bertz CT molecular complexity index is 1780. The number of Topliss-reactive ketones (excluding diaryl/α,β-unsaturated/α-hetero) is 1. The van der Waals surface area contributed by atoms with Crippen molar-refractivity contribution in [3.63, 3.8) is 0 Å². The summed E-state index contributed by atoms with van der Waals surface area (Å²) in [6, 6.07) is 9.13. The van der Waals surface area contributed by atoms with Crippen LogP contribution >= 0.6 is 11.6 Å². The molecule has 2 heterocycles. The average Bonchev–Trinajstić information content (AvgIpc) is 3.78. The van der Waals surface area contributed by atoms with Crippen LogP contribution in [0.5, 0.6) is 11.5 Å². The third kappa shape index (κ3) is 10.6. The van der Waals surface area contributed by atoms with Crippen LogP contribution in [0.2, 0.25) is 5.02 Å². The molecular formula is C42H56ClN5O8. The van der Waals surface area contributed by atoms with Crippen molar-refractivity contribution >= 4 is 46.7 Å². The topological polar surface area (TPSA) is 164 Å². The van der Waals surface area contributed by atoms with Crippen molar-refractivity contribution in [1.82, 2.24) is 26.3 Å². The van der Waals surface area contributed by atoms with Crippen LogP contribution in [0.25, 0.3) is 5.70 Å². The Morgan fingerprint density at radius 3 is 2.32 bits per heavy atom. The van der Waals surface area contributed by atoms with E-state index in [9.17, 15) is 24.0 Å². The van der Waals surface area contributed by atoms with Crippen LogP contribution < -0.4 is 30.9 Å². The highest BCUT2D eigenvalue weighted by molar-refractivity contribution is 6.38. The second kappa shape index (κ2) is 18.5. The zero-order chi connectivity index (χ0) is 40.6. The molecule has 4 atom stereocenters. The third-order valence-electron chi connectivity index (χ3n) is 10.8. The lowest BCUT2D eigenvalue weighted by Gasteiger charge is -2.36. The molecule has 5 rings (SSSR count). The number of nitrogens with zero attached hydrogens (tertiary/aromatic N) is 1. The van der Waals surface area contributed by atoms with E-state index < -0.39 is 52.6 Å². The number of hydrogen-bond acceptors (Lipinski definition) is 9. The summed E-state index contributed by atoms with van der Waals surface area (Å²) >= 11 is 6.28. The second-order valence-electron chi connectivity index (χ2n) is 16.2. The number of nitrogens with one attached hydrogen (secondary N) is 4. The lowest BCUT2D eigenvalue weighted by molar-refractivity contribution is -0.145. The first-order chi connectivity index (χ1) is 26.6. The molecule has 3 aliphatic rings. The predicted octanol–water partition coefficient (Wildman–Crippen LogP) is 5.24. The minimum Gasteiger partial charge on any atom is -0.497 e. The van der Waals surface area contributed by atoms with E-state index in [1.165, 1.54) is 25.5 Å². The van der Waals surface area contributed by atoms with Gasteiger partial charge in [-0.3, -0.25) is 34.3 Å². The highest BCUT2D eigenvalue weighted by Crippen LogP contribution is 2.39. The molecule has 1 saturated heterocycles. The average molecular weight is 794 g/mol. The van der Waals surface area contributed by atoms with Crippen LogP contribution in [0.1, 0.15) is 96.6 Å². The summed E-state index contributed by atoms with van der Waals surface area (Å²) in [7, 11) is 3.03. The molecule has 13 nitrogen and oxygen atoms in total. The molecule has 0 aromatic heterocycles. The van der Waals surface area contributed by atoms with E-state index in [1.54, 1.807) is 30.3 Å². The molecule has 2 fully saturated rings. The van der Waals surface area contributed by atoms with Gasteiger partial charge >= 0.3 is 0 Å². The molecular weight excluding hydrogens is 738 g/mol. The van der Waals surface area contributed by atoms with E-state index in [0.29, 0.717) is 40.6 Å². The first-order valence-corrected chi connectivity index (χ1v) is 19.9. The summed E-state index contributed by atoms with van der Waals surface area (Å²) in [6.45, 7) is 7.47. The van der Waals surface area contributed by atoms with Gasteiger partial charge in [-0.25, -0.2) is 0 Å². The Morgan fingerprint density at radius 2 is 1.70 bits per heavy atom. The highest BCUT2D eigenvalue weighted by Gasteiger charge is 2.54. The van der Waals surface area contributed by atoms with Gasteiger partial charge in [-0.05, 0) is 66.5 Å². The summed E-state index contributed by atoms with van der Waals surface area (Å²) in [5.74, 6) is -1.61. The fraction of sp³-hybridized carbons (Fsp3) is 0.548. The van der Waals surface area contributed by atoms with Gasteiger partial charge in [0.2, 0.25) is 23.5 Å². The van der Waals surface area contributed by atoms with Crippen molar-refractivity contribution in [2.45, 2.75) is 116 Å². The fourth-order valence-electron chi connectivity index (χ4n) is 7.73. The largest absolute Gasteiger partial charge is 0.497 e. The number of rotatable bonds is 15. The van der Waals surface area contributed by atoms with Crippen molar-refractivity contribution in [3.8, 4) is 11.5 Å². The van der Waals surface area contributed by atoms with Crippen molar-refractivity contribution in [3.05, 3.63) is 64.7 Å². The number of amides is 4. The van der Waals surface area contributed by atoms with Gasteiger partial charge in [-0.1, -0.05) is 77.1 Å². The second-order valence-corrected chi connectivity index (χ2v) is 16.7. The summed E-state index contributed by atoms with van der Waals surface area (Å²) in [4.78, 5) is 77.0. The molecule has 4 N–H and O–H groups in total. The number of ether oxygens (including phenoxy) is 2. The SMILES string of the molecule is CCC[C@H](NC(=O)[C@@H]1C[C@]2(C=C(c3cccc(Cl)c3)NO2)CN1C(=O)[C@@H](NC(=O)CC1CCCCC1)C(C)(C)C)C(=O)C(=O)NCc1cc(OC)cc(OC)c1. The molecule has 4 amide bonds. The normalized spacial score (nSPS) is 20.7. The maximum absolute atomic E-state index is 14.7. The molecule has 0 unspecified atom stereocenters. The van der Waals surface area contributed by atoms with Gasteiger partial charge in [-0.15, -0.1) is 0 Å². The molecule has 0 bridgehead atoms. The molecule has 304 valence electrons. The smallest absolute Gasteiger partial charge is 0.289 e. The maximum atomic E-state index is 14.7. The molecule has 56 heavy (non-hydrogen) atoms. The molecule has 2 aromatic carbocycles. The monoisotopic (exact) mass is 793 g/mol. The predicted molar refractivity (Wildman–Crippen MR) is 212 cm³/mol. The summed E-state index contributed by atoms with van der Waals surface area (Å²) in [5, 5.41) is 9.01. The number of carbonyl (C=O) groups excluding carboxylic acids is 5. The van der Waals surface area contributed by atoms with Crippen LogP contribution in [-0.2, 0) is 35.4 Å². The van der Waals surface area contributed by atoms with Crippen LogP contribution in [0.4, 0.5) is 0 Å².